The highest BCUT2D eigenvalue weighted by Gasteiger charge is 2.37. The lowest BCUT2D eigenvalue weighted by Gasteiger charge is -2.19. The number of sulfonamides is 1. The first-order valence-corrected chi connectivity index (χ1v) is 7.16. The molecule has 96 valence electrons. The van der Waals surface area contributed by atoms with Gasteiger partial charge in [-0.1, -0.05) is 0 Å². The van der Waals surface area contributed by atoms with Crippen LogP contribution >= 0.6 is 0 Å². The fourth-order valence-electron chi connectivity index (χ4n) is 1.66. The molecule has 0 radical (unpaired) electrons. The molecule has 0 amide bonds. The van der Waals surface area contributed by atoms with Crippen LogP contribution in [0.4, 0.5) is 0 Å². The molecular formula is C10H21NO4S. The van der Waals surface area contributed by atoms with Gasteiger partial charge in [-0.3, -0.25) is 0 Å². The zero-order chi connectivity index (χ0) is 12.4. The number of nitrogens with zero attached hydrogens (tertiary/aromatic N) is 1. The van der Waals surface area contributed by atoms with Crippen molar-refractivity contribution >= 4 is 10.0 Å². The van der Waals surface area contributed by atoms with Gasteiger partial charge in [0.05, 0.1) is 24.1 Å². The van der Waals surface area contributed by atoms with Crippen LogP contribution in [0.5, 0.6) is 0 Å². The van der Waals surface area contributed by atoms with E-state index in [1.165, 1.54) is 4.31 Å². The van der Waals surface area contributed by atoms with Crippen LogP contribution in [0, 0.1) is 0 Å². The molecule has 6 heteroatoms. The lowest BCUT2D eigenvalue weighted by molar-refractivity contribution is 0.0755. The zero-order valence-corrected chi connectivity index (χ0v) is 11.0. The monoisotopic (exact) mass is 251 g/mol. The van der Waals surface area contributed by atoms with Crippen molar-refractivity contribution in [2.24, 2.45) is 0 Å². The molecule has 1 fully saturated rings. The third-order valence-corrected chi connectivity index (χ3v) is 4.38. The average molecular weight is 251 g/mol. The Labute approximate surface area is 97.4 Å². The summed E-state index contributed by atoms with van der Waals surface area (Å²) in [5.41, 5.74) is -0.883. The summed E-state index contributed by atoms with van der Waals surface area (Å²) in [5, 5.41) is 9.70. The second kappa shape index (κ2) is 5.00. The summed E-state index contributed by atoms with van der Waals surface area (Å²) in [6.07, 6.45) is 0.536. The van der Waals surface area contributed by atoms with E-state index in [-0.39, 0.29) is 25.0 Å². The minimum Gasteiger partial charge on any atom is -0.389 e. The number of hydrogen-bond acceptors (Lipinski definition) is 4. The van der Waals surface area contributed by atoms with Gasteiger partial charge in [-0.05, 0) is 27.2 Å². The zero-order valence-electron chi connectivity index (χ0n) is 10.1. The topological polar surface area (TPSA) is 66.8 Å². The van der Waals surface area contributed by atoms with Gasteiger partial charge in [-0.15, -0.1) is 0 Å². The van der Waals surface area contributed by atoms with Gasteiger partial charge in [0.25, 0.3) is 0 Å². The van der Waals surface area contributed by atoms with E-state index in [0.717, 1.165) is 0 Å². The summed E-state index contributed by atoms with van der Waals surface area (Å²) in [6.45, 7) is 6.19. The number of β-amino-alcohol motifs (C(OH)–C–C–N with tert-alkyl or cyclic N) is 1. The fraction of sp³-hybridized carbons (Fsp3) is 1.00. The number of rotatable bonds is 5. The molecule has 1 saturated heterocycles. The van der Waals surface area contributed by atoms with E-state index in [4.69, 9.17) is 4.74 Å². The van der Waals surface area contributed by atoms with Gasteiger partial charge >= 0.3 is 0 Å². The molecule has 1 heterocycles. The summed E-state index contributed by atoms with van der Waals surface area (Å²) in [6, 6.07) is 0. The molecule has 0 aromatic heterocycles. The molecule has 0 aliphatic carbocycles. The summed E-state index contributed by atoms with van der Waals surface area (Å²) in [5.74, 6) is -0.0126. The summed E-state index contributed by atoms with van der Waals surface area (Å²) in [7, 11) is -3.28. The van der Waals surface area contributed by atoms with Crippen LogP contribution < -0.4 is 0 Å². The third-order valence-electron chi connectivity index (χ3n) is 2.60. The van der Waals surface area contributed by atoms with Gasteiger partial charge in [-0.25, -0.2) is 8.42 Å². The van der Waals surface area contributed by atoms with E-state index >= 15 is 0 Å². The Morgan fingerprint density at radius 3 is 2.56 bits per heavy atom. The van der Waals surface area contributed by atoms with Gasteiger partial charge in [0, 0.05) is 13.1 Å². The smallest absolute Gasteiger partial charge is 0.216 e. The van der Waals surface area contributed by atoms with Crippen LogP contribution in [0.25, 0.3) is 0 Å². The van der Waals surface area contributed by atoms with Crippen LogP contribution in [0.3, 0.4) is 0 Å². The maximum Gasteiger partial charge on any atom is 0.216 e. The minimum absolute atomic E-state index is 0.0126. The predicted octanol–water partition coefficient (Wildman–Crippen LogP) is 0.198. The Balaban J connectivity index is 2.46. The van der Waals surface area contributed by atoms with E-state index in [1.807, 2.05) is 13.8 Å². The average Bonchev–Trinajstić information content (AvgIpc) is 2.45. The second-order valence-electron chi connectivity index (χ2n) is 4.82. The molecule has 0 bridgehead atoms. The summed E-state index contributed by atoms with van der Waals surface area (Å²) < 4.78 is 30.2. The largest absolute Gasteiger partial charge is 0.389 e. The maximum atomic E-state index is 11.8. The van der Waals surface area contributed by atoms with Gasteiger partial charge in [-0.2, -0.15) is 4.31 Å². The fourth-order valence-corrected chi connectivity index (χ4v) is 3.07. The van der Waals surface area contributed by atoms with Crippen molar-refractivity contribution in [3.8, 4) is 0 Å². The van der Waals surface area contributed by atoms with E-state index in [9.17, 15) is 13.5 Å². The number of hydrogen-bond donors (Lipinski definition) is 1. The van der Waals surface area contributed by atoms with E-state index in [1.54, 1.807) is 6.92 Å². The molecule has 0 spiro atoms. The van der Waals surface area contributed by atoms with Gasteiger partial charge in [0.15, 0.2) is 0 Å². The first kappa shape index (κ1) is 13.9. The van der Waals surface area contributed by atoms with Crippen LogP contribution in [0.15, 0.2) is 0 Å². The van der Waals surface area contributed by atoms with Crippen LogP contribution in [0.1, 0.15) is 27.2 Å². The summed E-state index contributed by atoms with van der Waals surface area (Å²) in [4.78, 5) is 0. The first-order chi connectivity index (χ1) is 7.23. The Kier molecular flexibility index (Phi) is 4.34. The Bertz CT molecular complexity index is 324. The highest BCUT2D eigenvalue weighted by atomic mass is 32.2. The molecule has 1 aliphatic heterocycles. The van der Waals surface area contributed by atoms with Crippen LogP contribution in [0.2, 0.25) is 0 Å². The van der Waals surface area contributed by atoms with Gasteiger partial charge in [0.2, 0.25) is 10.0 Å². The molecule has 1 aliphatic rings. The molecular weight excluding hydrogens is 230 g/mol. The lowest BCUT2D eigenvalue weighted by Crippen LogP contribution is -2.36. The standard InChI is InChI=1S/C10H21NO4S/c1-9(2)15-6-7-16(13,14)11-5-4-10(3,12)8-11/h9,12H,4-8H2,1-3H3. The Morgan fingerprint density at radius 2 is 2.12 bits per heavy atom. The number of aliphatic hydroxyl groups is 1. The molecule has 5 nitrogen and oxygen atoms in total. The molecule has 1 unspecified atom stereocenters. The first-order valence-electron chi connectivity index (χ1n) is 5.55. The quantitative estimate of drug-likeness (QED) is 0.758. The normalized spacial score (nSPS) is 27.8. The van der Waals surface area contributed by atoms with Crippen LogP contribution in [-0.4, -0.2) is 55.0 Å². The maximum absolute atomic E-state index is 11.8. The molecule has 16 heavy (non-hydrogen) atoms. The number of ether oxygens (including phenoxy) is 1. The molecule has 1 atom stereocenters. The van der Waals surface area contributed by atoms with Gasteiger partial charge < -0.3 is 9.84 Å². The minimum atomic E-state index is -3.28. The SMILES string of the molecule is CC(C)OCCS(=O)(=O)N1CCC(C)(O)C1. The van der Waals surface area contributed by atoms with Crippen molar-refractivity contribution in [3.05, 3.63) is 0 Å². The van der Waals surface area contributed by atoms with Crippen molar-refractivity contribution in [3.63, 3.8) is 0 Å². The highest BCUT2D eigenvalue weighted by Crippen LogP contribution is 2.22. The highest BCUT2D eigenvalue weighted by molar-refractivity contribution is 7.89. The Hall–Kier alpha value is -0.170. The summed E-state index contributed by atoms with van der Waals surface area (Å²) >= 11 is 0. The second-order valence-corrected chi connectivity index (χ2v) is 6.90. The van der Waals surface area contributed by atoms with E-state index in [0.29, 0.717) is 13.0 Å². The van der Waals surface area contributed by atoms with E-state index in [2.05, 4.69) is 0 Å². The molecule has 0 aromatic rings. The van der Waals surface area contributed by atoms with Crippen LogP contribution in [-0.2, 0) is 14.8 Å². The third kappa shape index (κ3) is 4.01. The lowest BCUT2D eigenvalue weighted by atomic mass is 10.1. The van der Waals surface area contributed by atoms with Crippen molar-refractivity contribution in [1.29, 1.82) is 0 Å². The van der Waals surface area contributed by atoms with Crippen molar-refractivity contribution < 1.29 is 18.3 Å². The van der Waals surface area contributed by atoms with Gasteiger partial charge in [0.1, 0.15) is 0 Å². The predicted molar refractivity (Wildman–Crippen MR) is 61.7 cm³/mol. The van der Waals surface area contributed by atoms with Crippen molar-refractivity contribution in [1.82, 2.24) is 4.31 Å². The molecule has 1 N–H and O–H groups in total. The molecule has 0 saturated carbocycles. The Morgan fingerprint density at radius 1 is 1.50 bits per heavy atom. The van der Waals surface area contributed by atoms with Crippen molar-refractivity contribution in [2.45, 2.75) is 38.9 Å². The molecule has 0 aromatic carbocycles. The van der Waals surface area contributed by atoms with Crippen molar-refractivity contribution in [2.75, 3.05) is 25.4 Å². The van der Waals surface area contributed by atoms with E-state index < -0.39 is 15.6 Å². The molecule has 1 rings (SSSR count).